The Morgan fingerprint density at radius 1 is 1.47 bits per heavy atom. The number of ether oxygens (including phenoxy) is 1. The van der Waals surface area contributed by atoms with Crippen LogP contribution in [0.2, 0.25) is 0 Å². The first-order valence-electron chi connectivity index (χ1n) is 5.17. The zero-order chi connectivity index (χ0) is 10.7. The number of carboxylic acid groups (broad SMARTS) is 1. The van der Waals surface area contributed by atoms with Crippen LogP contribution in [0.5, 0.6) is 0 Å². The number of carboxylic acids is 1. The van der Waals surface area contributed by atoms with E-state index in [1.54, 1.807) is 0 Å². The molecule has 2 aliphatic carbocycles. The maximum atomic E-state index is 11.5. The van der Waals surface area contributed by atoms with E-state index < -0.39 is 11.9 Å². The van der Waals surface area contributed by atoms with Crippen LogP contribution in [-0.2, 0) is 14.3 Å². The summed E-state index contributed by atoms with van der Waals surface area (Å²) in [5.41, 5.74) is 0. The van der Waals surface area contributed by atoms with Crippen molar-refractivity contribution in [3.63, 3.8) is 0 Å². The van der Waals surface area contributed by atoms with E-state index in [0.717, 1.165) is 0 Å². The zero-order valence-corrected chi connectivity index (χ0v) is 8.68. The molecule has 6 atom stereocenters. The molecule has 0 amide bonds. The van der Waals surface area contributed by atoms with Crippen molar-refractivity contribution >= 4 is 23.5 Å². The van der Waals surface area contributed by atoms with Gasteiger partial charge in [0.1, 0.15) is 6.10 Å². The molecule has 0 spiro atoms. The van der Waals surface area contributed by atoms with Crippen LogP contribution in [0.1, 0.15) is 12.8 Å². The summed E-state index contributed by atoms with van der Waals surface area (Å²) in [7, 11) is 0. The largest absolute Gasteiger partial charge is 0.481 e. The summed E-state index contributed by atoms with van der Waals surface area (Å²) in [4.78, 5) is 22.5. The van der Waals surface area contributed by atoms with Gasteiger partial charge in [0, 0.05) is 5.92 Å². The van der Waals surface area contributed by atoms with E-state index in [4.69, 9.17) is 21.4 Å². The molecule has 3 rings (SSSR count). The number of alkyl halides is 1. The third-order valence-electron chi connectivity index (χ3n) is 4.09. The Kier molecular flexibility index (Phi) is 1.81. The number of carbonyl (C=O) groups excluding carboxylic acids is 1. The highest BCUT2D eigenvalue weighted by atomic mass is 35.5. The van der Waals surface area contributed by atoms with Crippen molar-refractivity contribution < 1.29 is 19.4 Å². The fraction of sp³-hybridized carbons (Fsp3) is 0.800. The average molecular weight is 231 g/mol. The van der Waals surface area contributed by atoms with Crippen LogP contribution in [0.15, 0.2) is 0 Å². The van der Waals surface area contributed by atoms with Crippen LogP contribution in [0.4, 0.5) is 0 Å². The van der Waals surface area contributed by atoms with Gasteiger partial charge >= 0.3 is 11.9 Å². The van der Waals surface area contributed by atoms with Crippen molar-refractivity contribution in [2.24, 2.45) is 23.7 Å². The normalized spacial score (nSPS) is 51.7. The first-order chi connectivity index (χ1) is 7.09. The topological polar surface area (TPSA) is 63.6 Å². The first-order valence-corrected chi connectivity index (χ1v) is 5.60. The van der Waals surface area contributed by atoms with E-state index in [1.807, 2.05) is 0 Å². The SMILES string of the molecule is O=C(O)[C@H]1C[C@H]2C(=O)O[C@@H]3[C@H]2[C@H]1C[C@H]3Cl. The summed E-state index contributed by atoms with van der Waals surface area (Å²) >= 11 is 6.07. The summed E-state index contributed by atoms with van der Waals surface area (Å²) in [5, 5.41) is 8.87. The number of aliphatic carboxylic acids is 1. The van der Waals surface area contributed by atoms with Gasteiger partial charge in [0.15, 0.2) is 0 Å². The summed E-state index contributed by atoms with van der Waals surface area (Å²) < 4.78 is 5.20. The highest BCUT2D eigenvalue weighted by Crippen LogP contribution is 2.57. The van der Waals surface area contributed by atoms with Gasteiger partial charge in [-0.05, 0) is 18.8 Å². The van der Waals surface area contributed by atoms with Gasteiger partial charge in [0.2, 0.25) is 0 Å². The second-order valence-corrected chi connectivity index (χ2v) is 5.24. The molecule has 15 heavy (non-hydrogen) atoms. The van der Waals surface area contributed by atoms with Crippen molar-refractivity contribution in [3.05, 3.63) is 0 Å². The molecule has 82 valence electrons. The zero-order valence-electron chi connectivity index (χ0n) is 7.93. The molecule has 3 aliphatic rings. The average Bonchev–Trinajstić information content (AvgIpc) is 2.73. The van der Waals surface area contributed by atoms with Gasteiger partial charge in [0.25, 0.3) is 0 Å². The van der Waals surface area contributed by atoms with Gasteiger partial charge in [-0.3, -0.25) is 9.59 Å². The smallest absolute Gasteiger partial charge is 0.309 e. The predicted octanol–water partition coefficient (Wildman–Crippen LogP) is 0.876. The number of hydrogen-bond donors (Lipinski definition) is 1. The van der Waals surface area contributed by atoms with Crippen LogP contribution in [0.3, 0.4) is 0 Å². The van der Waals surface area contributed by atoms with Crippen molar-refractivity contribution in [1.29, 1.82) is 0 Å². The molecular formula is C10H11ClO4. The molecule has 0 aromatic carbocycles. The molecule has 1 aliphatic heterocycles. The van der Waals surface area contributed by atoms with Crippen LogP contribution in [0, 0.1) is 23.7 Å². The van der Waals surface area contributed by atoms with Crippen LogP contribution < -0.4 is 0 Å². The molecule has 2 saturated carbocycles. The third-order valence-corrected chi connectivity index (χ3v) is 4.52. The lowest BCUT2D eigenvalue weighted by atomic mass is 9.91. The van der Waals surface area contributed by atoms with E-state index in [0.29, 0.717) is 12.8 Å². The number of rotatable bonds is 1. The molecule has 1 saturated heterocycles. The Hall–Kier alpha value is -0.770. The number of hydrogen-bond acceptors (Lipinski definition) is 3. The Labute approximate surface area is 91.5 Å². The number of carbonyl (C=O) groups is 2. The summed E-state index contributed by atoms with van der Waals surface area (Å²) in [6.07, 6.45) is 0.861. The summed E-state index contributed by atoms with van der Waals surface area (Å²) in [5.74, 6) is -1.58. The monoisotopic (exact) mass is 230 g/mol. The molecule has 1 heterocycles. The fourth-order valence-corrected chi connectivity index (χ4v) is 3.94. The van der Waals surface area contributed by atoms with Crippen molar-refractivity contribution in [3.8, 4) is 0 Å². The number of esters is 1. The molecule has 5 heteroatoms. The minimum atomic E-state index is -0.799. The maximum absolute atomic E-state index is 11.5. The first kappa shape index (κ1) is 9.46. The van der Waals surface area contributed by atoms with Crippen molar-refractivity contribution in [2.45, 2.75) is 24.3 Å². The van der Waals surface area contributed by atoms with Gasteiger partial charge in [-0.15, -0.1) is 11.6 Å². The van der Waals surface area contributed by atoms with Crippen LogP contribution >= 0.6 is 11.6 Å². The van der Waals surface area contributed by atoms with Gasteiger partial charge in [-0.1, -0.05) is 0 Å². The molecular weight excluding hydrogens is 220 g/mol. The summed E-state index contributed by atoms with van der Waals surface area (Å²) in [6, 6.07) is 0. The van der Waals surface area contributed by atoms with Gasteiger partial charge < -0.3 is 9.84 Å². The Balaban J connectivity index is 1.95. The molecule has 0 aromatic heterocycles. The van der Waals surface area contributed by atoms with E-state index in [2.05, 4.69) is 0 Å². The lowest BCUT2D eigenvalue weighted by Crippen LogP contribution is -2.21. The van der Waals surface area contributed by atoms with Gasteiger partial charge in [-0.2, -0.15) is 0 Å². The molecule has 0 unspecified atom stereocenters. The lowest BCUT2D eigenvalue weighted by Gasteiger charge is -2.13. The predicted molar refractivity (Wildman–Crippen MR) is 50.4 cm³/mol. The highest BCUT2D eigenvalue weighted by Gasteiger charge is 2.63. The minimum Gasteiger partial charge on any atom is -0.481 e. The van der Waals surface area contributed by atoms with E-state index in [-0.39, 0.29) is 35.2 Å². The second kappa shape index (κ2) is 2.88. The second-order valence-electron chi connectivity index (χ2n) is 4.68. The minimum absolute atomic E-state index is 0.0337. The molecule has 3 fully saturated rings. The van der Waals surface area contributed by atoms with E-state index >= 15 is 0 Å². The van der Waals surface area contributed by atoms with Crippen LogP contribution in [-0.4, -0.2) is 28.5 Å². The van der Waals surface area contributed by atoms with Gasteiger partial charge in [-0.25, -0.2) is 0 Å². The Morgan fingerprint density at radius 3 is 2.87 bits per heavy atom. The van der Waals surface area contributed by atoms with Crippen molar-refractivity contribution in [1.82, 2.24) is 0 Å². The van der Waals surface area contributed by atoms with Crippen LogP contribution in [0.25, 0.3) is 0 Å². The summed E-state index contributed by atoms with van der Waals surface area (Å²) in [6.45, 7) is 0. The van der Waals surface area contributed by atoms with Gasteiger partial charge in [0.05, 0.1) is 17.2 Å². The fourth-order valence-electron chi connectivity index (χ4n) is 3.51. The third kappa shape index (κ3) is 1.08. The molecule has 0 bridgehead atoms. The maximum Gasteiger partial charge on any atom is 0.309 e. The van der Waals surface area contributed by atoms with Crippen molar-refractivity contribution in [2.75, 3.05) is 0 Å². The Morgan fingerprint density at radius 2 is 2.20 bits per heavy atom. The quantitative estimate of drug-likeness (QED) is 0.537. The van der Waals surface area contributed by atoms with E-state index in [1.165, 1.54) is 0 Å². The standard InChI is InChI=1S/C10H11ClO4/c11-6-2-3-4(9(12)13)1-5-7(3)8(6)15-10(5)14/h3-8H,1-2H2,(H,12,13)/t3-,4-,5+,6+,7-,8-/m0/s1. The van der Waals surface area contributed by atoms with E-state index in [9.17, 15) is 9.59 Å². The highest BCUT2D eigenvalue weighted by molar-refractivity contribution is 6.21. The number of halogens is 1. The molecule has 4 nitrogen and oxygen atoms in total. The molecule has 0 radical (unpaired) electrons. The lowest BCUT2D eigenvalue weighted by molar-refractivity contribution is -0.145. The molecule has 0 aromatic rings. The Bertz CT molecular complexity index is 342. The molecule has 1 N–H and O–H groups in total.